The summed E-state index contributed by atoms with van der Waals surface area (Å²) in [7, 11) is -6.85. The van der Waals surface area contributed by atoms with Crippen molar-refractivity contribution >= 4 is 19.9 Å². The molecule has 7 heteroatoms. The maximum absolute atomic E-state index is 12.4. The summed E-state index contributed by atoms with van der Waals surface area (Å²) in [5.41, 5.74) is 0.172. The van der Waals surface area contributed by atoms with E-state index in [1.165, 1.54) is 0 Å². The van der Waals surface area contributed by atoms with Gasteiger partial charge in [-0.05, 0) is 37.5 Å². The molecule has 1 aliphatic heterocycles. The average Bonchev–Trinajstić information content (AvgIpc) is 2.63. The number of hydrogen-bond donors (Lipinski definition) is 1. The summed E-state index contributed by atoms with van der Waals surface area (Å²) >= 11 is 0. The SMILES string of the molecule is CCCc1ccc(S(=O)(=O)N[C@@]2(C)CCS(=O)(=O)C2)cc1. The van der Waals surface area contributed by atoms with E-state index >= 15 is 0 Å². The van der Waals surface area contributed by atoms with Gasteiger partial charge in [-0.15, -0.1) is 0 Å². The normalized spacial score (nSPS) is 25.0. The van der Waals surface area contributed by atoms with Gasteiger partial charge in [-0.25, -0.2) is 21.6 Å². The monoisotopic (exact) mass is 331 g/mol. The molecule has 0 aromatic heterocycles. The van der Waals surface area contributed by atoms with E-state index in [1.54, 1.807) is 31.2 Å². The number of sulfone groups is 1. The zero-order valence-electron chi connectivity index (χ0n) is 12.3. The molecule has 1 atom stereocenters. The van der Waals surface area contributed by atoms with Gasteiger partial charge in [-0.2, -0.15) is 0 Å². The van der Waals surface area contributed by atoms with Crippen LogP contribution in [0.1, 0.15) is 32.3 Å². The highest BCUT2D eigenvalue weighted by atomic mass is 32.2. The molecule has 1 saturated heterocycles. The number of benzene rings is 1. The highest BCUT2D eigenvalue weighted by Crippen LogP contribution is 2.25. The van der Waals surface area contributed by atoms with Crippen molar-refractivity contribution in [2.45, 2.75) is 43.5 Å². The van der Waals surface area contributed by atoms with Crippen LogP contribution in [0.5, 0.6) is 0 Å². The van der Waals surface area contributed by atoms with Gasteiger partial charge in [0.25, 0.3) is 0 Å². The zero-order valence-corrected chi connectivity index (χ0v) is 13.9. The Morgan fingerprint density at radius 1 is 1.24 bits per heavy atom. The molecule has 1 heterocycles. The van der Waals surface area contributed by atoms with Gasteiger partial charge < -0.3 is 0 Å². The van der Waals surface area contributed by atoms with Crippen molar-refractivity contribution < 1.29 is 16.8 Å². The molecule has 0 bridgehead atoms. The quantitative estimate of drug-likeness (QED) is 0.886. The van der Waals surface area contributed by atoms with E-state index in [1.807, 2.05) is 0 Å². The summed E-state index contributed by atoms with van der Waals surface area (Å²) in [6.45, 7) is 3.70. The van der Waals surface area contributed by atoms with Crippen molar-refractivity contribution in [3.8, 4) is 0 Å². The van der Waals surface area contributed by atoms with Gasteiger partial charge in [-0.3, -0.25) is 0 Å². The molecule has 1 N–H and O–H groups in total. The molecule has 0 aliphatic carbocycles. The van der Waals surface area contributed by atoms with Crippen LogP contribution < -0.4 is 4.72 Å². The summed E-state index contributed by atoms with van der Waals surface area (Å²) < 4.78 is 50.4. The van der Waals surface area contributed by atoms with Crippen molar-refractivity contribution in [2.75, 3.05) is 11.5 Å². The Hall–Kier alpha value is -0.920. The second kappa shape index (κ2) is 5.70. The van der Waals surface area contributed by atoms with Gasteiger partial charge in [-0.1, -0.05) is 25.5 Å². The molecule has 1 aromatic carbocycles. The van der Waals surface area contributed by atoms with Gasteiger partial charge in [0.05, 0.1) is 16.4 Å². The van der Waals surface area contributed by atoms with E-state index in [0.717, 1.165) is 18.4 Å². The molecule has 0 unspecified atom stereocenters. The summed E-state index contributed by atoms with van der Waals surface area (Å²) in [6.07, 6.45) is 2.21. The minimum Gasteiger partial charge on any atom is -0.229 e. The first-order valence-electron chi connectivity index (χ1n) is 6.99. The first-order valence-corrected chi connectivity index (χ1v) is 10.3. The summed E-state index contributed by atoms with van der Waals surface area (Å²) in [5.74, 6) is -0.116. The van der Waals surface area contributed by atoms with Crippen LogP contribution in [0.4, 0.5) is 0 Å². The van der Waals surface area contributed by atoms with Crippen LogP contribution >= 0.6 is 0 Å². The minimum absolute atomic E-state index is 0.0292. The maximum atomic E-state index is 12.4. The summed E-state index contributed by atoms with van der Waals surface area (Å²) in [5, 5.41) is 0. The lowest BCUT2D eigenvalue weighted by Gasteiger charge is -2.23. The fourth-order valence-corrected chi connectivity index (χ4v) is 6.22. The van der Waals surface area contributed by atoms with Crippen molar-refractivity contribution in [3.63, 3.8) is 0 Å². The lowest BCUT2D eigenvalue weighted by molar-refractivity contribution is 0.462. The molecular weight excluding hydrogens is 310 g/mol. The molecule has 0 saturated carbocycles. The highest BCUT2D eigenvalue weighted by Gasteiger charge is 2.41. The lowest BCUT2D eigenvalue weighted by Crippen LogP contribution is -2.46. The predicted octanol–water partition coefficient (Wildman–Crippen LogP) is 1.49. The van der Waals surface area contributed by atoms with Gasteiger partial charge in [0.1, 0.15) is 0 Å². The summed E-state index contributed by atoms with van der Waals surface area (Å²) in [6, 6.07) is 6.73. The van der Waals surface area contributed by atoms with Crippen molar-refractivity contribution in [1.82, 2.24) is 4.72 Å². The molecular formula is C14H21NO4S2. The van der Waals surface area contributed by atoms with Gasteiger partial charge in [0, 0.05) is 5.54 Å². The molecule has 5 nitrogen and oxygen atoms in total. The van der Waals surface area contributed by atoms with Gasteiger partial charge in [0.2, 0.25) is 10.0 Å². The number of aryl methyl sites for hydroxylation is 1. The highest BCUT2D eigenvalue weighted by molar-refractivity contribution is 7.92. The Morgan fingerprint density at radius 3 is 2.33 bits per heavy atom. The van der Waals surface area contributed by atoms with E-state index in [2.05, 4.69) is 11.6 Å². The number of rotatable bonds is 5. The third kappa shape index (κ3) is 4.05. The molecule has 1 aliphatic rings. The average molecular weight is 331 g/mol. The molecule has 2 rings (SSSR count). The van der Waals surface area contributed by atoms with Crippen LogP contribution in [0.3, 0.4) is 0 Å². The Labute approximate surface area is 126 Å². The van der Waals surface area contributed by atoms with Crippen molar-refractivity contribution in [2.24, 2.45) is 0 Å². The maximum Gasteiger partial charge on any atom is 0.241 e. The van der Waals surface area contributed by atoms with Crippen LogP contribution in [0, 0.1) is 0 Å². The summed E-state index contributed by atoms with van der Waals surface area (Å²) in [4.78, 5) is 0.174. The van der Waals surface area contributed by atoms with E-state index < -0.39 is 25.4 Å². The molecule has 118 valence electrons. The molecule has 21 heavy (non-hydrogen) atoms. The van der Waals surface area contributed by atoms with E-state index in [4.69, 9.17) is 0 Å². The fourth-order valence-electron chi connectivity index (χ4n) is 2.60. The van der Waals surface area contributed by atoms with Gasteiger partial charge >= 0.3 is 0 Å². The topological polar surface area (TPSA) is 80.3 Å². The third-order valence-corrected chi connectivity index (χ3v) is 7.21. The van der Waals surface area contributed by atoms with Crippen LogP contribution in [0.2, 0.25) is 0 Å². The molecule has 1 aromatic rings. The van der Waals surface area contributed by atoms with Crippen molar-refractivity contribution in [1.29, 1.82) is 0 Å². The number of sulfonamides is 1. The zero-order chi connectivity index (χ0) is 15.7. The number of hydrogen-bond acceptors (Lipinski definition) is 4. The fraction of sp³-hybridized carbons (Fsp3) is 0.571. The smallest absolute Gasteiger partial charge is 0.229 e. The van der Waals surface area contributed by atoms with E-state index in [9.17, 15) is 16.8 Å². The minimum atomic E-state index is -3.70. The lowest BCUT2D eigenvalue weighted by atomic mass is 10.0. The number of nitrogens with one attached hydrogen (secondary N) is 1. The molecule has 0 spiro atoms. The second-order valence-electron chi connectivity index (χ2n) is 5.90. The Balaban J connectivity index is 2.19. The molecule has 0 radical (unpaired) electrons. The van der Waals surface area contributed by atoms with Gasteiger partial charge in [0.15, 0.2) is 9.84 Å². The Morgan fingerprint density at radius 2 is 1.86 bits per heavy atom. The molecule has 0 amide bonds. The largest absolute Gasteiger partial charge is 0.241 e. The Bertz CT molecular complexity index is 708. The van der Waals surface area contributed by atoms with Crippen LogP contribution in [0.15, 0.2) is 29.2 Å². The first kappa shape index (κ1) is 16.5. The standard InChI is InChI=1S/C14H21NO4S2/c1-3-4-12-5-7-13(8-6-12)21(18,19)15-14(2)9-10-20(16,17)11-14/h5-8,15H,3-4,9-11H2,1-2H3/t14-/m0/s1. The Kier molecular flexibility index (Phi) is 4.46. The second-order valence-corrected chi connectivity index (χ2v) is 9.77. The molecule has 1 fully saturated rings. The first-order chi connectivity index (χ1) is 9.66. The van der Waals surface area contributed by atoms with E-state index in [0.29, 0.717) is 6.42 Å². The van der Waals surface area contributed by atoms with Crippen molar-refractivity contribution in [3.05, 3.63) is 29.8 Å². The third-order valence-electron chi connectivity index (χ3n) is 3.66. The predicted molar refractivity (Wildman–Crippen MR) is 82.4 cm³/mol. The van der Waals surface area contributed by atoms with Crippen LogP contribution in [-0.4, -0.2) is 33.9 Å². The van der Waals surface area contributed by atoms with Crippen LogP contribution in [0.25, 0.3) is 0 Å². The van der Waals surface area contributed by atoms with Crippen LogP contribution in [-0.2, 0) is 26.3 Å². The van der Waals surface area contributed by atoms with E-state index in [-0.39, 0.29) is 16.4 Å².